The monoisotopic (exact) mass is 399 g/mol. The van der Waals surface area contributed by atoms with Gasteiger partial charge >= 0.3 is 0 Å². The van der Waals surface area contributed by atoms with Gasteiger partial charge < -0.3 is 9.64 Å². The molecule has 1 amide bonds. The molecule has 5 nitrogen and oxygen atoms in total. The fourth-order valence-electron chi connectivity index (χ4n) is 3.28. The standard InChI is InChI=1S/C22H25NO4S/c1-17-3-5-18(6-4-17)9-12-22(24)23(20-13-14-28(25,26)16-20)15-19-7-10-21(27-2)11-8-19/h3-12,20H,13-16H2,1-2H3. The lowest BCUT2D eigenvalue weighted by Gasteiger charge is -2.27. The molecule has 2 aromatic carbocycles. The van der Waals surface area contributed by atoms with Crippen molar-refractivity contribution >= 4 is 21.8 Å². The van der Waals surface area contributed by atoms with Crippen LogP contribution in [-0.2, 0) is 21.2 Å². The summed E-state index contributed by atoms with van der Waals surface area (Å²) in [6, 6.07) is 15.0. The molecule has 1 fully saturated rings. The summed E-state index contributed by atoms with van der Waals surface area (Å²) in [6.07, 6.45) is 3.77. The largest absolute Gasteiger partial charge is 0.497 e. The molecule has 1 aliphatic rings. The maximum atomic E-state index is 12.9. The maximum Gasteiger partial charge on any atom is 0.247 e. The van der Waals surface area contributed by atoms with Crippen molar-refractivity contribution in [1.82, 2.24) is 4.90 Å². The van der Waals surface area contributed by atoms with Gasteiger partial charge in [0.15, 0.2) is 9.84 Å². The number of amides is 1. The van der Waals surface area contributed by atoms with Crippen LogP contribution in [0.4, 0.5) is 0 Å². The van der Waals surface area contributed by atoms with Gasteiger partial charge in [0.2, 0.25) is 5.91 Å². The maximum absolute atomic E-state index is 12.9. The van der Waals surface area contributed by atoms with Crippen LogP contribution in [0.15, 0.2) is 54.6 Å². The molecule has 0 aromatic heterocycles. The first-order valence-electron chi connectivity index (χ1n) is 9.25. The fraction of sp³-hybridized carbons (Fsp3) is 0.318. The molecule has 0 aliphatic carbocycles. The highest BCUT2D eigenvalue weighted by Crippen LogP contribution is 2.22. The summed E-state index contributed by atoms with van der Waals surface area (Å²) in [6.45, 7) is 2.37. The van der Waals surface area contributed by atoms with E-state index >= 15 is 0 Å². The number of carbonyl (C=O) groups is 1. The summed E-state index contributed by atoms with van der Waals surface area (Å²) in [4.78, 5) is 14.6. The molecular formula is C22H25NO4S. The van der Waals surface area contributed by atoms with Gasteiger partial charge in [-0.3, -0.25) is 4.79 Å². The molecule has 0 saturated carbocycles. The number of aryl methyl sites for hydroxylation is 1. The van der Waals surface area contributed by atoms with E-state index in [2.05, 4.69) is 0 Å². The van der Waals surface area contributed by atoms with Gasteiger partial charge in [-0.05, 0) is 42.7 Å². The molecule has 0 spiro atoms. The van der Waals surface area contributed by atoms with Crippen LogP contribution in [0.1, 0.15) is 23.1 Å². The van der Waals surface area contributed by atoms with E-state index in [1.807, 2.05) is 55.5 Å². The van der Waals surface area contributed by atoms with Crippen LogP contribution in [0.3, 0.4) is 0 Å². The minimum atomic E-state index is -3.09. The van der Waals surface area contributed by atoms with E-state index in [0.717, 1.165) is 22.4 Å². The summed E-state index contributed by atoms with van der Waals surface area (Å²) in [7, 11) is -1.49. The Labute approximate surface area is 166 Å². The smallest absolute Gasteiger partial charge is 0.247 e. The third kappa shape index (κ3) is 5.23. The molecule has 2 aromatic rings. The Morgan fingerprint density at radius 2 is 1.82 bits per heavy atom. The molecule has 1 unspecified atom stereocenters. The Kier molecular flexibility index (Phi) is 6.19. The number of methoxy groups -OCH3 is 1. The minimum Gasteiger partial charge on any atom is -0.497 e. The first-order valence-corrected chi connectivity index (χ1v) is 11.1. The van der Waals surface area contributed by atoms with Crippen molar-refractivity contribution in [2.24, 2.45) is 0 Å². The zero-order chi connectivity index (χ0) is 20.1. The van der Waals surface area contributed by atoms with Crippen LogP contribution < -0.4 is 4.74 Å². The lowest BCUT2D eigenvalue weighted by molar-refractivity contribution is -0.128. The van der Waals surface area contributed by atoms with Gasteiger partial charge in [0.25, 0.3) is 0 Å². The molecule has 0 radical (unpaired) electrons. The topological polar surface area (TPSA) is 63.7 Å². The summed E-state index contributed by atoms with van der Waals surface area (Å²) >= 11 is 0. The SMILES string of the molecule is COc1ccc(CN(C(=O)C=Cc2ccc(C)cc2)C2CCS(=O)(=O)C2)cc1. The van der Waals surface area contributed by atoms with Gasteiger partial charge in [-0.15, -0.1) is 0 Å². The number of hydrogen-bond donors (Lipinski definition) is 0. The van der Waals surface area contributed by atoms with Crippen molar-refractivity contribution in [1.29, 1.82) is 0 Å². The zero-order valence-electron chi connectivity index (χ0n) is 16.2. The van der Waals surface area contributed by atoms with Crippen molar-refractivity contribution in [2.75, 3.05) is 18.6 Å². The van der Waals surface area contributed by atoms with Crippen LogP contribution in [0.25, 0.3) is 6.08 Å². The average Bonchev–Trinajstić information content (AvgIpc) is 3.05. The van der Waals surface area contributed by atoms with E-state index in [-0.39, 0.29) is 23.5 Å². The summed E-state index contributed by atoms with van der Waals surface area (Å²) in [5, 5.41) is 0. The second-order valence-electron chi connectivity index (χ2n) is 7.12. The Hall–Kier alpha value is -2.60. The Balaban J connectivity index is 1.80. The van der Waals surface area contributed by atoms with Crippen LogP contribution in [0.5, 0.6) is 5.75 Å². The van der Waals surface area contributed by atoms with Gasteiger partial charge in [0.1, 0.15) is 5.75 Å². The van der Waals surface area contributed by atoms with Crippen LogP contribution in [-0.4, -0.2) is 43.9 Å². The Morgan fingerprint density at radius 3 is 2.39 bits per heavy atom. The fourth-order valence-corrected chi connectivity index (χ4v) is 5.01. The van der Waals surface area contributed by atoms with Gasteiger partial charge in [0.05, 0.1) is 18.6 Å². The number of rotatable bonds is 6. The Morgan fingerprint density at radius 1 is 1.14 bits per heavy atom. The second-order valence-corrected chi connectivity index (χ2v) is 9.34. The van der Waals surface area contributed by atoms with Gasteiger partial charge in [-0.2, -0.15) is 0 Å². The molecule has 1 aliphatic heterocycles. The van der Waals surface area contributed by atoms with Crippen LogP contribution in [0.2, 0.25) is 0 Å². The molecular weight excluding hydrogens is 374 g/mol. The number of hydrogen-bond acceptors (Lipinski definition) is 4. The van der Waals surface area contributed by atoms with E-state index < -0.39 is 9.84 Å². The predicted molar refractivity (Wildman–Crippen MR) is 111 cm³/mol. The third-order valence-corrected chi connectivity index (χ3v) is 6.69. The lowest BCUT2D eigenvalue weighted by atomic mass is 10.1. The minimum absolute atomic E-state index is 0.0211. The summed E-state index contributed by atoms with van der Waals surface area (Å²) in [5.74, 6) is 0.710. The zero-order valence-corrected chi connectivity index (χ0v) is 17.0. The molecule has 6 heteroatoms. The molecule has 1 atom stereocenters. The van der Waals surface area contributed by atoms with E-state index in [4.69, 9.17) is 4.74 Å². The predicted octanol–water partition coefficient (Wildman–Crippen LogP) is 3.23. The van der Waals surface area contributed by atoms with Crippen molar-refractivity contribution in [3.8, 4) is 5.75 Å². The highest BCUT2D eigenvalue weighted by atomic mass is 32.2. The number of ether oxygens (including phenoxy) is 1. The van der Waals surface area contributed by atoms with Gasteiger partial charge in [-0.1, -0.05) is 42.0 Å². The number of sulfone groups is 1. The van der Waals surface area contributed by atoms with Crippen LogP contribution in [0, 0.1) is 6.92 Å². The quantitative estimate of drug-likeness (QED) is 0.700. The molecule has 28 heavy (non-hydrogen) atoms. The van der Waals surface area contributed by atoms with Crippen molar-refractivity contribution in [2.45, 2.75) is 25.9 Å². The van der Waals surface area contributed by atoms with Crippen molar-refractivity contribution in [3.63, 3.8) is 0 Å². The molecule has 0 N–H and O–H groups in total. The molecule has 1 heterocycles. The molecule has 1 saturated heterocycles. The van der Waals surface area contributed by atoms with Gasteiger partial charge in [-0.25, -0.2) is 8.42 Å². The highest BCUT2D eigenvalue weighted by Gasteiger charge is 2.34. The number of carbonyl (C=O) groups excluding carboxylic acids is 1. The number of nitrogens with zero attached hydrogens (tertiary/aromatic N) is 1. The van der Waals surface area contributed by atoms with E-state index in [1.54, 1.807) is 18.1 Å². The third-order valence-electron chi connectivity index (χ3n) is 4.94. The Bertz CT molecular complexity index is 947. The lowest BCUT2D eigenvalue weighted by Crippen LogP contribution is -2.39. The van der Waals surface area contributed by atoms with Crippen molar-refractivity contribution in [3.05, 3.63) is 71.3 Å². The van der Waals surface area contributed by atoms with E-state index in [0.29, 0.717) is 13.0 Å². The first kappa shape index (κ1) is 20.1. The highest BCUT2D eigenvalue weighted by molar-refractivity contribution is 7.91. The van der Waals surface area contributed by atoms with E-state index in [1.165, 1.54) is 6.08 Å². The molecule has 148 valence electrons. The van der Waals surface area contributed by atoms with Crippen LogP contribution >= 0.6 is 0 Å². The number of benzene rings is 2. The first-order chi connectivity index (χ1) is 13.4. The molecule has 3 rings (SSSR count). The summed E-state index contributed by atoms with van der Waals surface area (Å²) < 4.78 is 29.1. The van der Waals surface area contributed by atoms with Crippen molar-refractivity contribution < 1.29 is 17.9 Å². The summed E-state index contributed by atoms with van der Waals surface area (Å²) in [5.41, 5.74) is 3.02. The van der Waals surface area contributed by atoms with E-state index in [9.17, 15) is 13.2 Å². The normalized spacial score (nSPS) is 18.3. The average molecular weight is 400 g/mol. The molecule has 0 bridgehead atoms. The second kappa shape index (κ2) is 8.61. The van der Waals surface area contributed by atoms with Gasteiger partial charge in [0, 0.05) is 18.7 Å².